The lowest BCUT2D eigenvalue weighted by Crippen LogP contribution is -2.49. The molecule has 1 atom stereocenters. The molecule has 0 aromatic carbocycles. The van der Waals surface area contributed by atoms with Crippen LogP contribution in [0.5, 0.6) is 0 Å². The second kappa shape index (κ2) is 7.92. The molecule has 7 heteroatoms. The Hall–Kier alpha value is -1.15. The van der Waals surface area contributed by atoms with Crippen molar-refractivity contribution in [2.24, 2.45) is 0 Å². The quantitative estimate of drug-likeness (QED) is 0.852. The topological polar surface area (TPSA) is 59.1 Å². The Morgan fingerprint density at radius 2 is 2.09 bits per heavy atom. The van der Waals surface area contributed by atoms with E-state index in [0.29, 0.717) is 13.1 Å². The molecule has 1 aliphatic rings. The van der Waals surface area contributed by atoms with Gasteiger partial charge >= 0.3 is 6.03 Å². The SMILES string of the molecule is Cc1ccc(NC(=O)N(C)CC(O)CN2CCN(C)CC2)s1. The normalized spacial score (nSPS) is 18.2. The van der Waals surface area contributed by atoms with Crippen molar-refractivity contribution in [1.29, 1.82) is 0 Å². The Morgan fingerprint density at radius 1 is 1.41 bits per heavy atom. The predicted molar refractivity (Wildman–Crippen MR) is 90.6 cm³/mol. The van der Waals surface area contributed by atoms with Crippen molar-refractivity contribution in [3.8, 4) is 0 Å². The van der Waals surface area contributed by atoms with Crippen molar-refractivity contribution in [3.05, 3.63) is 17.0 Å². The van der Waals surface area contributed by atoms with Crippen LogP contribution in [0.2, 0.25) is 0 Å². The Balaban J connectivity index is 1.73. The van der Waals surface area contributed by atoms with Crippen molar-refractivity contribution >= 4 is 22.4 Å². The van der Waals surface area contributed by atoms with Gasteiger partial charge in [0, 0.05) is 51.2 Å². The first kappa shape index (κ1) is 17.2. The van der Waals surface area contributed by atoms with Gasteiger partial charge in [-0.2, -0.15) is 0 Å². The van der Waals surface area contributed by atoms with E-state index in [1.807, 2.05) is 19.1 Å². The zero-order valence-electron chi connectivity index (χ0n) is 13.6. The molecule has 0 aliphatic carbocycles. The highest BCUT2D eigenvalue weighted by molar-refractivity contribution is 7.16. The van der Waals surface area contributed by atoms with Gasteiger partial charge in [0.2, 0.25) is 0 Å². The summed E-state index contributed by atoms with van der Waals surface area (Å²) in [7, 11) is 3.82. The molecule has 2 amide bonds. The summed E-state index contributed by atoms with van der Waals surface area (Å²) in [6.07, 6.45) is -0.524. The first-order valence-corrected chi connectivity index (χ1v) is 8.43. The molecule has 1 unspecified atom stereocenters. The van der Waals surface area contributed by atoms with E-state index < -0.39 is 6.10 Å². The number of aryl methyl sites for hydroxylation is 1. The Bertz CT molecular complexity index is 486. The van der Waals surface area contributed by atoms with E-state index in [1.165, 1.54) is 4.90 Å². The van der Waals surface area contributed by atoms with Gasteiger partial charge in [0.15, 0.2) is 0 Å². The van der Waals surface area contributed by atoms with Gasteiger partial charge in [-0.05, 0) is 26.1 Å². The summed E-state index contributed by atoms with van der Waals surface area (Å²) in [5.74, 6) is 0. The zero-order chi connectivity index (χ0) is 16.1. The van der Waals surface area contributed by atoms with Crippen LogP contribution in [-0.2, 0) is 0 Å². The number of carbonyl (C=O) groups excluding carboxylic acids is 1. The van der Waals surface area contributed by atoms with Crippen molar-refractivity contribution in [2.75, 3.05) is 58.7 Å². The number of aliphatic hydroxyl groups is 1. The molecular weight excluding hydrogens is 300 g/mol. The molecule has 0 radical (unpaired) electrons. The van der Waals surface area contributed by atoms with Crippen LogP contribution in [0.1, 0.15) is 4.88 Å². The Labute approximate surface area is 136 Å². The minimum absolute atomic E-state index is 0.181. The summed E-state index contributed by atoms with van der Waals surface area (Å²) < 4.78 is 0. The largest absolute Gasteiger partial charge is 0.390 e. The van der Waals surface area contributed by atoms with Gasteiger partial charge in [0.1, 0.15) is 0 Å². The predicted octanol–water partition coefficient (Wildman–Crippen LogP) is 1.13. The second-order valence-corrected chi connectivity index (χ2v) is 7.27. The van der Waals surface area contributed by atoms with Crippen LogP contribution in [0.25, 0.3) is 0 Å². The Kier molecular flexibility index (Phi) is 6.19. The molecule has 124 valence electrons. The molecule has 1 aromatic heterocycles. The number of amides is 2. The lowest BCUT2D eigenvalue weighted by atomic mass is 10.2. The summed E-state index contributed by atoms with van der Waals surface area (Å²) in [5, 5.41) is 13.9. The van der Waals surface area contributed by atoms with E-state index in [1.54, 1.807) is 18.4 Å². The number of anilines is 1. The third kappa shape index (κ3) is 5.24. The number of thiophene rings is 1. The van der Waals surface area contributed by atoms with Gasteiger partial charge in [0.05, 0.1) is 11.1 Å². The molecule has 0 spiro atoms. The van der Waals surface area contributed by atoms with Gasteiger partial charge in [0.25, 0.3) is 0 Å². The standard InChI is InChI=1S/C15H26N4O2S/c1-12-4-5-14(22-12)16-15(21)18(3)10-13(20)11-19-8-6-17(2)7-9-19/h4-5,13,20H,6-11H2,1-3H3,(H,16,21). The van der Waals surface area contributed by atoms with E-state index >= 15 is 0 Å². The smallest absolute Gasteiger partial charge is 0.322 e. The number of aliphatic hydroxyl groups excluding tert-OH is 1. The lowest BCUT2D eigenvalue weighted by molar-refractivity contribution is 0.0670. The van der Waals surface area contributed by atoms with Crippen LogP contribution < -0.4 is 5.32 Å². The van der Waals surface area contributed by atoms with Gasteiger partial charge in [-0.3, -0.25) is 10.2 Å². The molecular formula is C15H26N4O2S. The van der Waals surface area contributed by atoms with Gasteiger partial charge in [-0.1, -0.05) is 0 Å². The number of β-amino-alcohol motifs (C(OH)–C–C–N with tert-alkyl or cyclic N) is 1. The third-order valence-corrected chi connectivity index (χ3v) is 4.78. The lowest BCUT2D eigenvalue weighted by Gasteiger charge is -2.34. The number of urea groups is 1. The highest BCUT2D eigenvalue weighted by Crippen LogP contribution is 2.20. The van der Waals surface area contributed by atoms with E-state index in [4.69, 9.17) is 0 Å². The monoisotopic (exact) mass is 326 g/mol. The van der Waals surface area contributed by atoms with Crippen LogP contribution in [0.4, 0.5) is 9.80 Å². The fourth-order valence-corrected chi connectivity index (χ4v) is 3.25. The molecule has 0 bridgehead atoms. The number of piperazine rings is 1. The summed E-state index contributed by atoms with van der Waals surface area (Å²) in [6, 6.07) is 3.69. The van der Waals surface area contributed by atoms with Gasteiger partial charge < -0.3 is 14.9 Å². The minimum atomic E-state index is -0.524. The average Bonchev–Trinajstić information content (AvgIpc) is 2.86. The van der Waals surface area contributed by atoms with E-state index in [9.17, 15) is 9.90 Å². The second-order valence-electron chi connectivity index (χ2n) is 5.98. The van der Waals surface area contributed by atoms with Crippen LogP contribution >= 0.6 is 11.3 Å². The number of hydrogen-bond donors (Lipinski definition) is 2. The molecule has 2 heterocycles. The summed E-state index contributed by atoms with van der Waals surface area (Å²) in [5.41, 5.74) is 0. The number of hydrogen-bond acceptors (Lipinski definition) is 5. The highest BCUT2D eigenvalue weighted by atomic mass is 32.1. The maximum Gasteiger partial charge on any atom is 0.322 e. The van der Waals surface area contributed by atoms with E-state index in [-0.39, 0.29) is 6.03 Å². The molecule has 1 aliphatic heterocycles. The van der Waals surface area contributed by atoms with E-state index in [0.717, 1.165) is 36.1 Å². The van der Waals surface area contributed by atoms with Crippen LogP contribution in [-0.4, -0.2) is 85.3 Å². The first-order valence-electron chi connectivity index (χ1n) is 7.61. The minimum Gasteiger partial charge on any atom is -0.390 e. The Morgan fingerprint density at radius 3 is 2.68 bits per heavy atom. The zero-order valence-corrected chi connectivity index (χ0v) is 14.4. The van der Waals surface area contributed by atoms with Gasteiger partial charge in [-0.25, -0.2) is 4.79 Å². The number of nitrogens with zero attached hydrogens (tertiary/aromatic N) is 3. The molecule has 1 saturated heterocycles. The number of rotatable bonds is 5. The van der Waals surface area contributed by atoms with Crippen molar-refractivity contribution in [2.45, 2.75) is 13.0 Å². The average molecular weight is 326 g/mol. The highest BCUT2D eigenvalue weighted by Gasteiger charge is 2.19. The maximum atomic E-state index is 12.1. The fraction of sp³-hybridized carbons (Fsp3) is 0.667. The van der Waals surface area contributed by atoms with Crippen molar-refractivity contribution in [1.82, 2.24) is 14.7 Å². The van der Waals surface area contributed by atoms with Crippen LogP contribution in [0.3, 0.4) is 0 Å². The van der Waals surface area contributed by atoms with E-state index in [2.05, 4.69) is 22.2 Å². The van der Waals surface area contributed by atoms with Crippen molar-refractivity contribution in [3.63, 3.8) is 0 Å². The molecule has 0 saturated carbocycles. The van der Waals surface area contributed by atoms with Crippen molar-refractivity contribution < 1.29 is 9.90 Å². The number of nitrogens with one attached hydrogen (secondary N) is 1. The molecule has 2 rings (SSSR count). The maximum absolute atomic E-state index is 12.1. The molecule has 1 aromatic rings. The molecule has 6 nitrogen and oxygen atoms in total. The molecule has 22 heavy (non-hydrogen) atoms. The summed E-state index contributed by atoms with van der Waals surface area (Å²) in [6.45, 7) is 6.95. The van der Waals surface area contributed by atoms with Gasteiger partial charge in [-0.15, -0.1) is 11.3 Å². The number of carbonyl (C=O) groups is 1. The molecule has 2 N–H and O–H groups in total. The summed E-state index contributed by atoms with van der Waals surface area (Å²) in [4.78, 5) is 19.3. The molecule has 1 fully saturated rings. The first-order chi connectivity index (χ1) is 10.4. The fourth-order valence-electron chi connectivity index (χ4n) is 2.49. The van der Waals surface area contributed by atoms with Crippen LogP contribution in [0.15, 0.2) is 12.1 Å². The number of likely N-dealkylation sites (N-methyl/N-ethyl adjacent to an activating group) is 2. The third-order valence-electron chi connectivity index (χ3n) is 3.87. The van der Waals surface area contributed by atoms with Crippen LogP contribution in [0, 0.1) is 6.92 Å². The summed E-state index contributed by atoms with van der Waals surface area (Å²) >= 11 is 1.55.